The van der Waals surface area contributed by atoms with E-state index >= 15 is 0 Å². The highest BCUT2D eigenvalue weighted by Gasteiger charge is 2.24. The summed E-state index contributed by atoms with van der Waals surface area (Å²) in [6, 6.07) is 2.23. The van der Waals surface area contributed by atoms with Gasteiger partial charge in [-0.3, -0.25) is 14.2 Å². The van der Waals surface area contributed by atoms with Crippen molar-refractivity contribution in [1.29, 1.82) is 0 Å². The second kappa shape index (κ2) is 6.99. The fourth-order valence-electron chi connectivity index (χ4n) is 4.57. The topological polar surface area (TPSA) is 56.9 Å². The van der Waals surface area contributed by atoms with Gasteiger partial charge in [0.1, 0.15) is 4.83 Å². The Hall–Kier alpha value is -2.21. The standard InChI is InChI=1S/C22H27N3O2S/c1-12(2)25-14(4)9-17(15(25)5)18(26)10-24-11-23-21-20(22(24)27)16-7-6-13(3)8-19(16)28-21/h9,11-13H,6-8,10H2,1-5H3/t13-/m0/s1. The van der Waals surface area contributed by atoms with Gasteiger partial charge in [0.25, 0.3) is 5.56 Å². The normalized spacial score (nSPS) is 16.7. The molecule has 1 atom stereocenters. The Kier molecular flexibility index (Phi) is 4.78. The van der Waals surface area contributed by atoms with Crippen LogP contribution in [0.15, 0.2) is 17.2 Å². The van der Waals surface area contributed by atoms with E-state index < -0.39 is 0 Å². The average Bonchev–Trinajstić information content (AvgIpc) is 3.14. The number of ketones is 1. The number of aryl methyl sites for hydroxylation is 2. The number of nitrogens with zero attached hydrogens (tertiary/aromatic N) is 3. The molecule has 0 bridgehead atoms. The van der Waals surface area contributed by atoms with E-state index in [1.165, 1.54) is 15.8 Å². The molecule has 6 heteroatoms. The molecule has 3 heterocycles. The van der Waals surface area contributed by atoms with Crippen LogP contribution in [0.25, 0.3) is 10.2 Å². The number of rotatable bonds is 4. The SMILES string of the molecule is Cc1cc(C(=O)Cn2cnc3sc4c(c3c2=O)CC[C@H](C)C4)c(C)n1C(C)C. The zero-order chi connectivity index (χ0) is 20.2. The minimum atomic E-state index is -0.0805. The van der Waals surface area contributed by atoms with Crippen molar-refractivity contribution in [3.63, 3.8) is 0 Å². The van der Waals surface area contributed by atoms with Gasteiger partial charge in [0.15, 0.2) is 5.78 Å². The van der Waals surface area contributed by atoms with Crippen LogP contribution in [0.1, 0.15) is 65.4 Å². The molecular weight excluding hydrogens is 370 g/mol. The molecule has 0 aliphatic heterocycles. The third kappa shape index (κ3) is 3.04. The van der Waals surface area contributed by atoms with E-state index in [1.807, 2.05) is 19.9 Å². The number of hydrogen-bond acceptors (Lipinski definition) is 4. The van der Waals surface area contributed by atoms with Gasteiger partial charge in [-0.1, -0.05) is 6.92 Å². The van der Waals surface area contributed by atoms with E-state index in [1.54, 1.807) is 11.3 Å². The number of fused-ring (bicyclic) bond motifs is 3. The molecule has 0 radical (unpaired) electrons. The van der Waals surface area contributed by atoms with Gasteiger partial charge in [-0.2, -0.15) is 0 Å². The van der Waals surface area contributed by atoms with Gasteiger partial charge in [-0.25, -0.2) is 4.98 Å². The number of hydrogen-bond donors (Lipinski definition) is 0. The molecule has 0 saturated heterocycles. The predicted octanol–water partition coefficient (Wildman–Crippen LogP) is 4.46. The third-order valence-electron chi connectivity index (χ3n) is 5.90. The van der Waals surface area contributed by atoms with Crippen LogP contribution in [0.5, 0.6) is 0 Å². The largest absolute Gasteiger partial charge is 0.346 e. The van der Waals surface area contributed by atoms with Crippen LogP contribution in [-0.4, -0.2) is 19.9 Å². The Morgan fingerprint density at radius 1 is 1.36 bits per heavy atom. The fourth-order valence-corrected chi connectivity index (χ4v) is 5.91. The van der Waals surface area contributed by atoms with Crippen LogP contribution in [0.4, 0.5) is 0 Å². The van der Waals surface area contributed by atoms with E-state index in [4.69, 9.17) is 0 Å². The summed E-state index contributed by atoms with van der Waals surface area (Å²) in [6.07, 6.45) is 4.60. The van der Waals surface area contributed by atoms with E-state index in [2.05, 4.69) is 30.3 Å². The van der Waals surface area contributed by atoms with Crippen LogP contribution < -0.4 is 5.56 Å². The Bertz CT molecular complexity index is 1130. The number of carbonyl (C=O) groups is 1. The quantitative estimate of drug-likeness (QED) is 0.611. The zero-order valence-electron chi connectivity index (χ0n) is 17.2. The summed E-state index contributed by atoms with van der Waals surface area (Å²) < 4.78 is 3.64. The lowest BCUT2D eigenvalue weighted by atomic mass is 9.89. The van der Waals surface area contributed by atoms with Crippen molar-refractivity contribution in [2.75, 3.05) is 0 Å². The first-order chi connectivity index (χ1) is 13.3. The molecule has 0 aromatic carbocycles. The molecule has 0 unspecified atom stereocenters. The Balaban J connectivity index is 1.71. The predicted molar refractivity (Wildman–Crippen MR) is 114 cm³/mol. The van der Waals surface area contributed by atoms with E-state index in [-0.39, 0.29) is 17.9 Å². The lowest BCUT2D eigenvalue weighted by Crippen LogP contribution is -2.25. The van der Waals surface area contributed by atoms with Gasteiger partial charge in [0.2, 0.25) is 0 Å². The molecule has 0 amide bonds. The summed E-state index contributed by atoms with van der Waals surface area (Å²) in [5.74, 6) is 0.613. The van der Waals surface area contributed by atoms with E-state index in [0.717, 1.165) is 46.4 Å². The second-order valence-electron chi connectivity index (χ2n) is 8.38. The summed E-state index contributed by atoms with van der Waals surface area (Å²) >= 11 is 1.64. The maximum atomic E-state index is 13.1. The first kappa shape index (κ1) is 19.1. The smallest absolute Gasteiger partial charge is 0.262 e. The molecule has 0 fully saturated rings. The number of thiophene rings is 1. The van der Waals surface area contributed by atoms with Crippen LogP contribution in [0, 0.1) is 19.8 Å². The van der Waals surface area contributed by atoms with E-state index in [9.17, 15) is 9.59 Å². The average molecular weight is 398 g/mol. The molecule has 0 spiro atoms. The van der Waals surface area contributed by atoms with Gasteiger partial charge in [0.05, 0.1) is 18.3 Å². The molecule has 3 aromatic heterocycles. The van der Waals surface area contributed by atoms with Crippen LogP contribution in [0.3, 0.4) is 0 Å². The van der Waals surface area contributed by atoms with Crippen LogP contribution in [0.2, 0.25) is 0 Å². The first-order valence-electron chi connectivity index (χ1n) is 9.99. The lowest BCUT2D eigenvalue weighted by molar-refractivity contribution is 0.0970. The highest BCUT2D eigenvalue weighted by Crippen LogP contribution is 2.35. The molecule has 4 rings (SSSR count). The number of Topliss-reactive ketones (excluding diaryl/α,β-unsaturated/α-hetero) is 1. The van der Waals surface area contributed by atoms with Gasteiger partial charge in [-0.15, -0.1) is 11.3 Å². The third-order valence-corrected chi connectivity index (χ3v) is 7.06. The number of aromatic nitrogens is 3. The van der Waals surface area contributed by atoms with Gasteiger partial charge in [-0.05, 0) is 64.5 Å². The minimum Gasteiger partial charge on any atom is -0.346 e. The molecular formula is C22H27N3O2S. The van der Waals surface area contributed by atoms with Crippen molar-refractivity contribution >= 4 is 27.3 Å². The van der Waals surface area contributed by atoms with Crippen molar-refractivity contribution in [2.45, 2.75) is 66.5 Å². The Labute approximate surface area is 169 Å². The molecule has 28 heavy (non-hydrogen) atoms. The van der Waals surface area contributed by atoms with Crippen molar-refractivity contribution in [3.05, 3.63) is 50.1 Å². The van der Waals surface area contributed by atoms with Crippen LogP contribution >= 0.6 is 11.3 Å². The maximum Gasteiger partial charge on any atom is 0.262 e. The molecule has 1 aliphatic carbocycles. The van der Waals surface area contributed by atoms with Crippen molar-refractivity contribution in [2.24, 2.45) is 5.92 Å². The highest BCUT2D eigenvalue weighted by molar-refractivity contribution is 7.18. The fraction of sp³-hybridized carbons (Fsp3) is 0.500. The molecule has 1 aliphatic rings. The van der Waals surface area contributed by atoms with Gasteiger partial charge in [0, 0.05) is 27.9 Å². The Morgan fingerprint density at radius 3 is 2.79 bits per heavy atom. The van der Waals surface area contributed by atoms with Gasteiger partial charge >= 0.3 is 0 Å². The molecule has 3 aromatic rings. The zero-order valence-corrected chi connectivity index (χ0v) is 18.0. The number of carbonyl (C=O) groups excluding carboxylic acids is 1. The second-order valence-corrected chi connectivity index (χ2v) is 9.46. The monoisotopic (exact) mass is 397 g/mol. The van der Waals surface area contributed by atoms with Crippen molar-refractivity contribution in [1.82, 2.24) is 14.1 Å². The summed E-state index contributed by atoms with van der Waals surface area (Å²) in [5, 5.41) is 0.731. The summed E-state index contributed by atoms with van der Waals surface area (Å²) in [7, 11) is 0. The van der Waals surface area contributed by atoms with Crippen molar-refractivity contribution in [3.8, 4) is 0 Å². The molecule has 148 valence electrons. The summed E-state index contributed by atoms with van der Waals surface area (Å²) in [4.78, 5) is 32.8. The van der Waals surface area contributed by atoms with Gasteiger partial charge < -0.3 is 4.57 Å². The maximum absolute atomic E-state index is 13.1. The van der Waals surface area contributed by atoms with Crippen molar-refractivity contribution < 1.29 is 4.79 Å². The summed E-state index contributed by atoms with van der Waals surface area (Å²) in [6.45, 7) is 10.5. The summed E-state index contributed by atoms with van der Waals surface area (Å²) in [5.41, 5.74) is 3.80. The first-order valence-corrected chi connectivity index (χ1v) is 10.8. The molecule has 0 saturated carbocycles. The van der Waals surface area contributed by atoms with E-state index in [0.29, 0.717) is 17.5 Å². The Morgan fingerprint density at radius 2 is 2.11 bits per heavy atom. The molecule has 0 N–H and O–H groups in total. The highest BCUT2D eigenvalue weighted by atomic mass is 32.1. The van der Waals surface area contributed by atoms with Crippen LogP contribution in [-0.2, 0) is 19.4 Å². The minimum absolute atomic E-state index is 0.0329. The molecule has 5 nitrogen and oxygen atoms in total. The lowest BCUT2D eigenvalue weighted by Gasteiger charge is -2.17.